The van der Waals surface area contributed by atoms with Gasteiger partial charge in [-0.2, -0.15) is 0 Å². The Morgan fingerprint density at radius 3 is 2.48 bits per heavy atom. The fraction of sp³-hybridized carbons (Fsp3) is 0.143. The number of ether oxygens (including phenoxy) is 2. The quantitative estimate of drug-likeness (QED) is 0.505. The van der Waals surface area contributed by atoms with Gasteiger partial charge in [-0.15, -0.1) is 0 Å². The average molecular weight is 353 g/mol. The second kappa shape index (κ2) is 6.45. The van der Waals surface area contributed by atoms with Crippen molar-refractivity contribution >= 4 is 27.3 Å². The first-order chi connectivity index (χ1) is 10.0. The Bertz CT molecular complexity index is 659. The molecule has 0 bridgehead atoms. The zero-order valence-corrected chi connectivity index (χ0v) is 12.8. The molecular weight excluding hydrogens is 340 g/mol. The van der Waals surface area contributed by atoms with Crippen molar-refractivity contribution in [3.63, 3.8) is 0 Å². The molecule has 0 aromatic heterocycles. The molecule has 0 saturated carbocycles. The van der Waals surface area contributed by atoms with Crippen LogP contribution in [0.25, 0.3) is 0 Å². The van der Waals surface area contributed by atoms with Crippen molar-refractivity contribution in [2.45, 2.75) is 6.61 Å². The Morgan fingerprint density at radius 2 is 1.90 bits per heavy atom. The van der Waals surface area contributed by atoms with Crippen LogP contribution >= 0.6 is 15.9 Å². The van der Waals surface area contributed by atoms with Gasteiger partial charge in [0.2, 0.25) is 5.75 Å². The second-order valence-corrected chi connectivity index (χ2v) is 5.06. The monoisotopic (exact) mass is 352 g/mol. The third-order valence-corrected chi connectivity index (χ3v) is 3.46. The molecule has 0 fully saturated rings. The van der Waals surface area contributed by atoms with Crippen LogP contribution < -0.4 is 15.2 Å². The van der Waals surface area contributed by atoms with Gasteiger partial charge in [0.25, 0.3) is 0 Å². The molecule has 0 atom stereocenters. The summed E-state index contributed by atoms with van der Waals surface area (Å²) in [5.41, 5.74) is 6.32. The molecule has 110 valence electrons. The van der Waals surface area contributed by atoms with E-state index in [9.17, 15) is 10.1 Å². The summed E-state index contributed by atoms with van der Waals surface area (Å²) in [4.78, 5) is 10.5. The number of hydrogen-bond acceptors (Lipinski definition) is 5. The van der Waals surface area contributed by atoms with E-state index >= 15 is 0 Å². The lowest BCUT2D eigenvalue weighted by molar-refractivity contribution is -0.385. The zero-order valence-electron chi connectivity index (χ0n) is 11.2. The zero-order chi connectivity index (χ0) is 15.4. The van der Waals surface area contributed by atoms with Crippen molar-refractivity contribution in [3.05, 3.63) is 56.5 Å². The molecule has 0 aliphatic carbocycles. The Morgan fingerprint density at radius 1 is 1.24 bits per heavy atom. The predicted octanol–water partition coefficient (Wildman–Crippen LogP) is 3.53. The molecule has 0 unspecified atom stereocenters. The van der Waals surface area contributed by atoms with E-state index in [-0.39, 0.29) is 23.7 Å². The number of methoxy groups -OCH3 is 1. The summed E-state index contributed by atoms with van der Waals surface area (Å²) in [6, 6.07) is 10.3. The first-order valence-corrected chi connectivity index (χ1v) is 6.80. The molecule has 2 aromatic rings. The van der Waals surface area contributed by atoms with Gasteiger partial charge in [-0.1, -0.05) is 12.1 Å². The number of benzene rings is 2. The Kier molecular flexibility index (Phi) is 4.64. The first-order valence-electron chi connectivity index (χ1n) is 6.01. The minimum Gasteiger partial charge on any atom is -0.497 e. The normalized spacial score (nSPS) is 10.2. The van der Waals surface area contributed by atoms with Gasteiger partial charge in [0.1, 0.15) is 18.0 Å². The average Bonchev–Trinajstić information content (AvgIpc) is 2.48. The van der Waals surface area contributed by atoms with Crippen molar-refractivity contribution in [1.29, 1.82) is 0 Å². The number of nitro groups is 1. The lowest BCUT2D eigenvalue weighted by atomic mass is 10.2. The topological polar surface area (TPSA) is 87.6 Å². The first kappa shape index (κ1) is 15.1. The van der Waals surface area contributed by atoms with E-state index in [0.29, 0.717) is 4.47 Å². The SMILES string of the molecule is COc1ccc(COc2c(Br)ccc(N)c2[N+](=O)[O-])cc1. The Balaban J connectivity index is 2.23. The lowest BCUT2D eigenvalue weighted by Gasteiger charge is -2.10. The van der Waals surface area contributed by atoms with E-state index < -0.39 is 4.92 Å². The molecule has 0 heterocycles. The van der Waals surface area contributed by atoms with E-state index in [2.05, 4.69) is 15.9 Å². The van der Waals surface area contributed by atoms with Crippen LogP contribution in [0.3, 0.4) is 0 Å². The van der Waals surface area contributed by atoms with Crippen LogP contribution in [-0.4, -0.2) is 12.0 Å². The van der Waals surface area contributed by atoms with Crippen molar-refractivity contribution in [1.82, 2.24) is 0 Å². The molecule has 0 radical (unpaired) electrons. The summed E-state index contributed by atoms with van der Waals surface area (Å²) in [5.74, 6) is 0.852. The maximum absolute atomic E-state index is 11.1. The van der Waals surface area contributed by atoms with Gasteiger partial charge < -0.3 is 15.2 Å². The smallest absolute Gasteiger partial charge is 0.334 e. The van der Waals surface area contributed by atoms with E-state index in [1.54, 1.807) is 25.3 Å². The summed E-state index contributed by atoms with van der Waals surface area (Å²) < 4.78 is 11.1. The lowest BCUT2D eigenvalue weighted by Crippen LogP contribution is -2.03. The van der Waals surface area contributed by atoms with Crippen LogP contribution in [0.15, 0.2) is 40.9 Å². The van der Waals surface area contributed by atoms with Gasteiger partial charge in [0.05, 0.1) is 16.5 Å². The van der Waals surface area contributed by atoms with E-state index in [0.717, 1.165) is 11.3 Å². The van der Waals surface area contributed by atoms with Crippen molar-refractivity contribution in [3.8, 4) is 11.5 Å². The molecule has 21 heavy (non-hydrogen) atoms. The van der Waals surface area contributed by atoms with Gasteiger partial charge in [-0.25, -0.2) is 0 Å². The van der Waals surface area contributed by atoms with Gasteiger partial charge in [-0.05, 0) is 45.8 Å². The fourth-order valence-electron chi connectivity index (χ4n) is 1.76. The summed E-state index contributed by atoms with van der Waals surface area (Å²) >= 11 is 3.24. The molecule has 7 heteroatoms. The highest BCUT2D eigenvalue weighted by atomic mass is 79.9. The minimum absolute atomic E-state index is 0.0629. The van der Waals surface area contributed by atoms with E-state index in [4.69, 9.17) is 15.2 Å². The number of hydrogen-bond donors (Lipinski definition) is 1. The fourth-order valence-corrected chi connectivity index (χ4v) is 2.20. The number of nitrogens with zero attached hydrogens (tertiary/aromatic N) is 1. The van der Waals surface area contributed by atoms with Crippen LogP contribution in [0.4, 0.5) is 11.4 Å². The predicted molar refractivity (Wildman–Crippen MR) is 82.5 cm³/mol. The van der Waals surface area contributed by atoms with Crippen molar-refractivity contribution in [2.24, 2.45) is 0 Å². The summed E-state index contributed by atoms with van der Waals surface area (Å²) in [7, 11) is 1.58. The van der Waals surface area contributed by atoms with Crippen LogP contribution in [0, 0.1) is 10.1 Å². The molecule has 0 amide bonds. The van der Waals surface area contributed by atoms with Crippen LogP contribution in [0.1, 0.15) is 5.56 Å². The maximum atomic E-state index is 11.1. The number of rotatable bonds is 5. The standard InChI is InChI=1S/C14H13BrN2O4/c1-20-10-4-2-9(3-5-10)8-21-14-11(15)6-7-12(16)13(14)17(18)19/h2-7H,8,16H2,1H3. The Labute approximate surface area is 129 Å². The third kappa shape index (κ3) is 3.43. The number of nitrogen functional groups attached to an aromatic ring is 1. The van der Waals surface area contributed by atoms with Crippen LogP contribution in [0.5, 0.6) is 11.5 Å². The van der Waals surface area contributed by atoms with Crippen molar-refractivity contribution in [2.75, 3.05) is 12.8 Å². The third-order valence-electron chi connectivity index (χ3n) is 2.84. The second-order valence-electron chi connectivity index (χ2n) is 4.21. The molecular formula is C14H13BrN2O4. The number of halogens is 1. The van der Waals surface area contributed by atoms with Crippen molar-refractivity contribution < 1.29 is 14.4 Å². The van der Waals surface area contributed by atoms with E-state index in [1.807, 2.05) is 12.1 Å². The summed E-state index contributed by atoms with van der Waals surface area (Å²) in [5, 5.41) is 11.1. The highest BCUT2D eigenvalue weighted by molar-refractivity contribution is 9.10. The number of nitro benzene ring substituents is 1. The molecule has 0 spiro atoms. The summed E-state index contributed by atoms with van der Waals surface area (Å²) in [6.45, 7) is 0.187. The minimum atomic E-state index is -0.552. The highest BCUT2D eigenvalue weighted by Crippen LogP contribution is 2.39. The molecule has 2 rings (SSSR count). The summed E-state index contributed by atoms with van der Waals surface area (Å²) in [6.07, 6.45) is 0. The number of nitrogens with two attached hydrogens (primary N) is 1. The van der Waals surface area contributed by atoms with Gasteiger partial charge in [-0.3, -0.25) is 10.1 Å². The van der Waals surface area contributed by atoms with Gasteiger partial charge >= 0.3 is 5.69 Å². The van der Waals surface area contributed by atoms with Gasteiger partial charge in [0.15, 0.2) is 0 Å². The molecule has 2 aromatic carbocycles. The Hall–Kier alpha value is -2.28. The largest absolute Gasteiger partial charge is 0.497 e. The molecule has 2 N–H and O–H groups in total. The van der Waals surface area contributed by atoms with Gasteiger partial charge in [0, 0.05) is 0 Å². The van der Waals surface area contributed by atoms with Crippen LogP contribution in [-0.2, 0) is 6.61 Å². The molecule has 0 aliphatic rings. The number of anilines is 1. The van der Waals surface area contributed by atoms with E-state index in [1.165, 1.54) is 6.07 Å². The highest BCUT2D eigenvalue weighted by Gasteiger charge is 2.22. The molecule has 6 nitrogen and oxygen atoms in total. The van der Waals surface area contributed by atoms with Crippen LogP contribution in [0.2, 0.25) is 0 Å². The molecule has 0 aliphatic heterocycles. The molecule has 0 saturated heterocycles. The maximum Gasteiger partial charge on any atom is 0.334 e.